The molecule has 2 atom stereocenters. The van der Waals surface area contributed by atoms with Crippen LogP contribution in [-0.2, 0) is 18.2 Å². The van der Waals surface area contributed by atoms with Crippen molar-refractivity contribution in [2.75, 3.05) is 13.7 Å². The summed E-state index contributed by atoms with van der Waals surface area (Å²) in [5.74, 6) is 0. The van der Waals surface area contributed by atoms with E-state index in [-0.39, 0.29) is 6.10 Å². The van der Waals surface area contributed by atoms with Crippen LogP contribution in [0.4, 0.5) is 0 Å². The van der Waals surface area contributed by atoms with Gasteiger partial charge in [0.15, 0.2) is 0 Å². The zero-order chi connectivity index (χ0) is 13.7. The fourth-order valence-electron chi connectivity index (χ4n) is 2.18. The molecule has 5 heteroatoms. The van der Waals surface area contributed by atoms with Crippen molar-refractivity contribution in [1.82, 2.24) is 15.1 Å². The number of aryl methyl sites for hydroxylation is 2. The first kappa shape index (κ1) is 15.5. The van der Waals surface area contributed by atoms with E-state index in [9.17, 15) is 0 Å². The number of nitrogens with one attached hydrogen (secondary N) is 1. The molecule has 104 valence electrons. The summed E-state index contributed by atoms with van der Waals surface area (Å²) in [4.78, 5) is 0. The lowest BCUT2D eigenvalue weighted by Gasteiger charge is -2.21. The van der Waals surface area contributed by atoms with E-state index in [1.165, 1.54) is 0 Å². The number of likely N-dealkylation sites (N-methyl/N-ethyl adjacent to an activating group) is 1. The molecule has 1 aromatic rings. The van der Waals surface area contributed by atoms with Crippen molar-refractivity contribution in [3.05, 3.63) is 16.4 Å². The molecular weight excluding hydrogens is 250 g/mol. The van der Waals surface area contributed by atoms with E-state index in [4.69, 9.17) is 16.3 Å². The average Bonchev–Trinajstić information content (AvgIpc) is 2.56. The molecule has 0 saturated heterocycles. The van der Waals surface area contributed by atoms with Gasteiger partial charge < -0.3 is 10.1 Å². The highest BCUT2D eigenvalue weighted by molar-refractivity contribution is 6.30. The third-order valence-electron chi connectivity index (χ3n) is 3.23. The van der Waals surface area contributed by atoms with Crippen molar-refractivity contribution in [2.24, 2.45) is 7.05 Å². The van der Waals surface area contributed by atoms with Crippen molar-refractivity contribution >= 4 is 11.6 Å². The van der Waals surface area contributed by atoms with Crippen LogP contribution >= 0.6 is 11.6 Å². The van der Waals surface area contributed by atoms with Gasteiger partial charge in [-0.2, -0.15) is 5.10 Å². The Kier molecular flexibility index (Phi) is 6.12. The predicted octanol–water partition coefficient (Wildman–Crippen LogP) is 2.33. The number of hydrogen-bond donors (Lipinski definition) is 1. The first-order valence-corrected chi connectivity index (χ1v) is 6.81. The summed E-state index contributed by atoms with van der Waals surface area (Å²) in [5.41, 5.74) is 2.14. The maximum absolute atomic E-state index is 6.27. The number of methoxy groups -OCH3 is 1. The van der Waals surface area contributed by atoms with Gasteiger partial charge in [0.2, 0.25) is 0 Å². The molecule has 0 fully saturated rings. The van der Waals surface area contributed by atoms with Gasteiger partial charge in [-0.25, -0.2) is 0 Å². The van der Waals surface area contributed by atoms with Gasteiger partial charge in [0.25, 0.3) is 0 Å². The molecule has 1 rings (SSSR count). The minimum absolute atomic E-state index is 0.241. The van der Waals surface area contributed by atoms with Crippen LogP contribution in [0, 0.1) is 6.92 Å². The molecule has 1 heterocycles. The summed E-state index contributed by atoms with van der Waals surface area (Å²) < 4.78 is 7.07. The lowest BCUT2D eigenvalue weighted by molar-refractivity contribution is 0.101. The molecule has 18 heavy (non-hydrogen) atoms. The Hall–Kier alpha value is -0.580. The van der Waals surface area contributed by atoms with Gasteiger partial charge in [-0.15, -0.1) is 0 Å². The van der Waals surface area contributed by atoms with Crippen LogP contribution in [0.1, 0.15) is 31.5 Å². The summed E-state index contributed by atoms with van der Waals surface area (Å²) in [6.07, 6.45) is 2.10. The van der Waals surface area contributed by atoms with Crippen LogP contribution in [0.5, 0.6) is 0 Å². The summed E-state index contributed by atoms with van der Waals surface area (Å²) in [7, 11) is 3.62. The Labute approximate surface area is 115 Å². The van der Waals surface area contributed by atoms with Crippen LogP contribution < -0.4 is 5.32 Å². The van der Waals surface area contributed by atoms with Crippen LogP contribution in [0.15, 0.2) is 0 Å². The Bertz CT molecular complexity index is 379. The number of rotatable bonds is 7. The van der Waals surface area contributed by atoms with E-state index >= 15 is 0 Å². The van der Waals surface area contributed by atoms with Gasteiger partial charge in [-0.3, -0.25) is 4.68 Å². The standard InChI is InChI=1S/C13H24ClN3O/c1-6-15-11(7-9(2)18-5)8-12-10(3)16-17(4)13(12)14/h9,11,15H,6-8H2,1-5H3. The molecular formula is C13H24ClN3O. The van der Waals surface area contributed by atoms with Gasteiger partial charge in [0.05, 0.1) is 11.8 Å². The molecule has 0 aliphatic rings. The zero-order valence-electron chi connectivity index (χ0n) is 12.0. The molecule has 0 radical (unpaired) electrons. The summed E-state index contributed by atoms with van der Waals surface area (Å²) >= 11 is 6.27. The van der Waals surface area contributed by atoms with Crippen molar-refractivity contribution < 1.29 is 4.74 Å². The molecule has 2 unspecified atom stereocenters. The summed E-state index contributed by atoms with van der Waals surface area (Å²) in [6.45, 7) is 7.15. The van der Waals surface area contributed by atoms with Gasteiger partial charge in [-0.1, -0.05) is 18.5 Å². The summed E-state index contributed by atoms with van der Waals surface area (Å²) in [6, 6.07) is 0.366. The van der Waals surface area contributed by atoms with Crippen LogP contribution in [0.3, 0.4) is 0 Å². The van der Waals surface area contributed by atoms with Crippen molar-refractivity contribution in [2.45, 2.75) is 45.8 Å². The van der Waals surface area contributed by atoms with Crippen LogP contribution in [-0.4, -0.2) is 35.6 Å². The highest BCUT2D eigenvalue weighted by atomic mass is 35.5. The normalized spacial score (nSPS) is 14.8. The Morgan fingerprint density at radius 2 is 2.17 bits per heavy atom. The highest BCUT2D eigenvalue weighted by Crippen LogP contribution is 2.21. The smallest absolute Gasteiger partial charge is 0.130 e. The molecule has 0 bridgehead atoms. The SMILES string of the molecule is CCNC(Cc1c(C)nn(C)c1Cl)CC(C)OC. The maximum Gasteiger partial charge on any atom is 0.130 e. The minimum Gasteiger partial charge on any atom is -0.382 e. The molecule has 4 nitrogen and oxygen atoms in total. The molecule has 1 N–H and O–H groups in total. The predicted molar refractivity (Wildman–Crippen MR) is 75.2 cm³/mol. The molecule has 0 aromatic carbocycles. The largest absolute Gasteiger partial charge is 0.382 e. The number of aromatic nitrogens is 2. The molecule has 0 saturated carbocycles. The topological polar surface area (TPSA) is 39.1 Å². The third-order valence-corrected chi connectivity index (χ3v) is 3.70. The van der Waals surface area contributed by atoms with E-state index in [0.29, 0.717) is 6.04 Å². The molecule has 0 spiro atoms. The highest BCUT2D eigenvalue weighted by Gasteiger charge is 2.18. The minimum atomic E-state index is 0.241. The average molecular weight is 274 g/mol. The fraction of sp³-hybridized carbons (Fsp3) is 0.769. The van der Waals surface area contributed by atoms with Crippen molar-refractivity contribution in [1.29, 1.82) is 0 Å². The third kappa shape index (κ3) is 3.97. The van der Waals surface area contributed by atoms with Crippen molar-refractivity contribution in [3.8, 4) is 0 Å². The quantitative estimate of drug-likeness (QED) is 0.829. The van der Waals surface area contributed by atoms with E-state index < -0.39 is 0 Å². The maximum atomic E-state index is 6.27. The number of ether oxygens (including phenoxy) is 1. The monoisotopic (exact) mass is 273 g/mol. The molecule has 0 aliphatic carbocycles. The second kappa shape index (κ2) is 7.12. The second-order valence-corrected chi connectivity index (χ2v) is 5.08. The van der Waals surface area contributed by atoms with Gasteiger partial charge >= 0.3 is 0 Å². The first-order valence-electron chi connectivity index (χ1n) is 6.43. The zero-order valence-corrected chi connectivity index (χ0v) is 12.7. The van der Waals surface area contributed by atoms with Crippen LogP contribution in [0.2, 0.25) is 5.15 Å². The lowest BCUT2D eigenvalue weighted by Crippen LogP contribution is -2.34. The number of halogens is 1. The Morgan fingerprint density at radius 1 is 1.50 bits per heavy atom. The number of nitrogens with zero attached hydrogens (tertiary/aromatic N) is 2. The number of hydrogen-bond acceptors (Lipinski definition) is 3. The second-order valence-electron chi connectivity index (χ2n) is 4.72. The van der Waals surface area contributed by atoms with E-state index in [0.717, 1.165) is 35.8 Å². The summed E-state index contributed by atoms with van der Waals surface area (Å²) in [5, 5.41) is 8.57. The Balaban J connectivity index is 2.76. The molecule has 0 amide bonds. The van der Waals surface area contributed by atoms with Crippen molar-refractivity contribution in [3.63, 3.8) is 0 Å². The van der Waals surface area contributed by atoms with Gasteiger partial charge in [0.1, 0.15) is 5.15 Å². The van der Waals surface area contributed by atoms with E-state index in [1.54, 1.807) is 11.8 Å². The lowest BCUT2D eigenvalue weighted by atomic mass is 10.0. The van der Waals surface area contributed by atoms with Gasteiger partial charge in [0, 0.05) is 25.8 Å². The van der Waals surface area contributed by atoms with E-state index in [2.05, 4.69) is 24.3 Å². The fourth-order valence-corrected chi connectivity index (χ4v) is 2.43. The Morgan fingerprint density at radius 3 is 2.61 bits per heavy atom. The first-order chi connectivity index (χ1) is 8.49. The molecule has 0 aliphatic heterocycles. The van der Waals surface area contributed by atoms with Gasteiger partial charge in [-0.05, 0) is 33.2 Å². The van der Waals surface area contributed by atoms with E-state index in [1.807, 2.05) is 14.0 Å². The van der Waals surface area contributed by atoms with Crippen LogP contribution in [0.25, 0.3) is 0 Å². The molecule has 1 aromatic heterocycles.